The van der Waals surface area contributed by atoms with Gasteiger partial charge in [-0.05, 0) is 49.2 Å². The van der Waals surface area contributed by atoms with Crippen molar-refractivity contribution in [2.45, 2.75) is 58.2 Å². The van der Waals surface area contributed by atoms with Crippen LogP contribution in [0.3, 0.4) is 0 Å². The number of hydrogen-bond donors (Lipinski definition) is 0. The van der Waals surface area contributed by atoms with Crippen LogP contribution in [0.25, 0.3) is 0 Å². The first-order valence-corrected chi connectivity index (χ1v) is 9.60. The third-order valence-corrected chi connectivity index (χ3v) is 5.23. The Kier molecular flexibility index (Phi) is 6.02. The molecule has 6 heteroatoms. The van der Waals surface area contributed by atoms with Crippen LogP contribution in [-0.4, -0.2) is 25.8 Å². The van der Waals surface area contributed by atoms with Gasteiger partial charge in [-0.15, -0.1) is 0 Å². The third-order valence-electron chi connectivity index (χ3n) is 4.75. The summed E-state index contributed by atoms with van der Waals surface area (Å²) >= 11 is 5.58. The summed E-state index contributed by atoms with van der Waals surface area (Å²) in [7, 11) is 2.01. The smallest absolute Gasteiger partial charge is 0.198 e. The van der Waals surface area contributed by atoms with Gasteiger partial charge < -0.3 is 4.57 Å². The summed E-state index contributed by atoms with van der Waals surface area (Å²) in [5.41, 5.74) is 1.11. The number of rotatable bonds is 9. The summed E-state index contributed by atoms with van der Waals surface area (Å²) in [6, 6.07) is 6.76. The van der Waals surface area contributed by atoms with Crippen molar-refractivity contribution < 1.29 is 4.39 Å². The lowest BCUT2D eigenvalue weighted by molar-refractivity contribution is 0.192. The normalized spacial score (nSPS) is 14.4. The molecule has 0 radical (unpaired) electrons. The van der Waals surface area contributed by atoms with Crippen LogP contribution in [0, 0.1) is 10.6 Å². The molecule has 0 amide bonds. The van der Waals surface area contributed by atoms with E-state index in [1.165, 1.54) is 37.8 Å². The topological polar surface area (TPSA) is 26.0 Å². The Morgan fingerprint density at radius 1 is 1.24 bits per heavy atom. The summed E-state index contributed by atoms with van der Waals surface area (Å²) in [5.74, 6) is 1.50. The van der Waals surface area contributed by atoms with Gasteiger partial charge >= 0.3 is 0 Å². The Bertz CT molecular complexity index is 746. The van der Waals surface area contributed by atoms with Gasteiger partial charge in [-0.1, -0.05) is 31.9 Å². The lowest BCUT2D eigenvalue weighted by atomic mass is 10.2. The Morgan fingerprint density at radius 3 is 2.60 bits per heavy atom. The zero-order chi connectivity index (χ0) is 17.8. The molecular weight excluding hydrogens is 335 g/mol. The monoisotopic (exact) mass is 362 g/mol. The van der Waals surface area contributed by atoms with Crippen LogP contribution < -0.4 is 0 Å². The highest BCUT2D eigenvalue weighted by Gasteiger charge is 2.29. The van der Waals surface area contributed by atoms with Crippen LogP contribution in [-0.2, 0) is 20.3 Å². The average Bonchev–Trinajstić information content (AvgIpc) is 3.40. The lowest BCUT2D eigenvalue weighted by Crippen LogP contribution is -2.28. The van der Waals surface area contributed by atoms with Crippen LogP contribution in [0.1, 0.15) is 56.3 Å². The Labute approximate surface area is 154 Å². The van der Waals surface area contributed by atoms with Crippen LogP contribution in [0.2, 0.25) is 0 Å². The first kappa shape index (κ1) is 18.3. The maximum absolute atomic E-state index is 13.2. The van der Waals surface area contributed by atoms with Gasteiger partial charge in [-0.2, -0.15) is 5.10 Å². The Morgan fingerprint density at radius 2 is 1.96 bits per heavy atom. The number of halogens is 1. The van der Waals surface area contributed by atoms with Gasteiger partial charge in [0.15, 0.2) is 4.77 Å². The number of aromatic nitrogens is 3. The van der Waals surface area contributed by atoms with Crippen molar-refractivity contribution in [1.29, 1.82) is 0 Å². The quantitative estimate of drug-likeness (QED) is 0.481. The summed E-state index contributed by atoms with van der Waals surface area (Å²) < 4.78 is 17.9. The molecular formula is C19H27FN4S. The van der Waals surface area contributed by atoms with E-state index in [4.69, 9.17) is 17.3 Å². The van der Waals surface area contributed by atoms with Gasteiger partial charge in [0.2, 0.25) is 0 Å². The van der Waals surface area contributed by atoms with Gasteiger partial charge in [0.05, 0.1) is 6.67 Å². The lowest BCUT2D eigenvalue weighted by Gasteiger charge is -2.22. The van der Waals surface area contributed by atoms with Crippen molar-refractivity contribution in [3.8, 4) is 0 Å². The highest BCUT2D eigenvalue weighted by Crippen LogP contribution is 2.38. The van der Waals surface area contributed by atoms with Gasteiger partial charge in [0, 0.05) is 26.1 Å². The summed E-state index contributed by atoms with van der Waals surface area (Å²) in [5, 5.41) is 4.77. The third kappa shape index (κ3) is 4.76. The van der Waals surface area contributed by atoms with Crippen molar-refractivity contribution in [3.05, 3.63) is 46.2 Å². The second-order valence-electron chi connectivity index (χ2n) is 7.00. The van der Waals surface area contributed by atoms with Gasteiger partial charge in [-0.3, -0.25) is 4.90 Å². The molecule has 1 aromatic carbocycles. The minimum atomic E-state index is -0.192. The first-order valence-electron chi connectivity index (χ1n) is 9.19. The van der Waals surface area contributed by atoms with E-state index < -0.39 is 0 Å². The first-order chi connectivity index (χ1) is 12.1. The van der Waals surface area contributed by atoms with E-state index in [1.807, 2.05) is 23.9 Å². The van der Waals surface area contributed by atoms with Gasteiger partial charge in [-0.25, -0.2) is 9.07 Å². The number of benzene rings is 1. The minimum absolute atomic E-state index is 0.192. The second kappa shape index (κ2) is 8.23. The molecule has 0 saturated heterocycles. The standard InChI is InChI=1S/C19H27FN4S/c1-3-4-5-12-23(13-15-6-10-17(20)11-7-15)14-24-19(25)22(2)18(21-24)16-8-9-16/h6-7,10-11,16H,3-5,8-9,12-14H2,1-2H3. The van der Waals surface area contributed by atoms with E-state index >= 15 is 0 Å². The van der Waals surface area contributed by atoms with E-state index in [0.29, 0.717) is 12.6 Å². The zero-order valence-corrected chi connectivity index (χ0v) is 15.9. The molecule has 0 N–H and O–H groups in total. The highest BCUT2D eigenvalue weighted by atomic mass is 32.1. The van der Waals surface area contributed by atoms with Crippen molar-refractivity contribution in [2.75, 3.05) is 6.54 Å². The molecule has 4 nitrogen and oxygen atoms in total. The Balaban J connectivity index is 1.73. The molecule has 2 aromatic rings. The van der Waals surface area contributed by atoms with Crippen LogP contribution in [0.15, 0.2) is 24.3 Å². The summed E-state index contributed by atoms with van der Waals surface area (Å²) in [4.78, 5) is 2.35. The predicted molar refractivity (Wildman–Crippen MR) is 100 cm³/mol. The summed E-state index contributed by atoms with van der Waals surface area (Å²) in [6.45, 7) is 4.66. The molecule has 0 bridgehead atoms. The number of nitrogens with zero attached hydrogens (tertiary/aromatic N) is 4. The maximum atomic E-state index is 13.2. The van der Waals surface area contributed by atoms with Crippen molar-refractivity contribution in [3.63, 3.8) is 0 Å². The highest BCUT2D eigenvalue weighted by molar-refractivity contribution is 7.71. The van der Waals surface area contributed by atoms with E-state index in [2.05, 4.69) is 16.4 Å². The molecule has 1 aliphatic rings. The zero-order valence-electron chi connectivity index (χ0n) is 15.1. The van der Waals surface area contributed by atoms with Gasteiger partial charge in [0.1, 0.15) is 11.6 Å². The molecule has 25 heavy (non-hydrogen) atoms. The molecule has 3 rings (SSSR count). The van der Waals surface area contributed by atoms with Crippen LogP contribution >= 0.6 is 12.2 Å². The molecule has 1 saturated carbocycles. The Hall–Kier alpha value is -1.53. The fraction of sp³-hybridized carbons (Fsp3) is 0.579. The fourth-order valence-electron chi connectivity index (χ4n) is 3.12. The van der Waals surface area contributed by atoms with Crippen LogP contribution in [0.5, 0.6) is 0 Å². The van der Waals surface area contributed by atoms with E-state index in [1.54, 1.807) is 0 Å². The fourth-order valence-corrected chi connectivity index (χ4v) is 3.31. The molecule has 0 spiro atoms. The molecule has 1 fully saturated rings. The molecule has 1 aliphatic carbocycles. The molecule has 1 aromatic heterocycles. The van der Waals surface area contributed by atoms with E-state index in [9.17, 15) is 4.39 Å². The van der Waals surface area contributed by atoms with Crippen molar-refractivity contribution in [1.82, 2.24) is 19.2 Å². The number of unbranched alkanes of at least 4 members (excludes halogenated alkanes) is 2. The van der Waals surface area contributed by atoms with Crippen LogP contribution in [0.4, 0.5) is 4.39 Å². The molecule has 0 unspecified atom stereocenters. The average molecular weight is 363 g/mol. The molecule has 1 heterocycles. The SMILES string of the molecule is CCCCCN(Cc1ccc(F)cc1)Cn1nc(C2CC2)n(C)c1=S. The number of hydrogen-bond acceptors (Lipinski definition) is 3. The molecule has 136 valence electrons. The van der Waals surface area contributed by atoms with E-state index in [0.717, 1.165) is 35.7 Å². The van der Waals surface area contributed by atoms with E-state index in [-0.39, 0.29) is 5.82 Å². The van der Waals surface area contributed by atoms with Gasteiger partial charge in [0.25, 0.3) is 0 Å². The maximum Gasteiger partial charge on any atom is 0.198 e. The molecule has 0 atom stereocenters. The predicted octanol–water partition coefficient (Wildman–Crippen LogP) is 4.62. The van der Waals surface area contributed by atoms with Crippen molar-refractivity contribution in [2.24, 2.45) is 7.05 Å². The minimum Gasteiger partial charge on any atom is -0.307 e. The summed E-state index contributed by atoms with van der Waals surface area (Å²) in [6.07, 6.45) is 5.98. The largest absolute Gasteiger partial charge is 0.307 e. The van der Waals surface area contributed by atoms with Crippen molar-refractivity contribution >= 4 is 12.2 Å². The second-order valence-corrected chi connectivity index (χ2v) is 7.37. The molecule has 0 aliphatic heterocycles.